The summed E-state index contributed by atoms with van der Waals surface area (Å²) in [5.41, 5.74) is 0.522. The number of likely N-dealkylation sites (tertiary alicyclic amines) is 1. The molecule has 0 atom stereocenters. The van der Waals surface area contributed by atoms with Crippen LogP contribution in [0.15, 0.2) is 41.3 Å². The second-order valence-corrected chi connectivity index (χ2v) is 5.65. The number of nitrogens with one attached hydrogen (secondary N) is 1. The summed E-state index contributed by atoms with van der Waals surface area (Å²) in [6.45, 7) is 1.16. The highest BCUT2D eigenvalue weighted by Gasteiger charge is 2.31. The molecular weight excluding hydrogens is 339 g/mol. The summed E-state index contributed by atoms with van der Waals surface area (Å²) in [7, 11) is 0. The first-order valence-electron chi connectivity index (χ1n) is 7.70. The van der Waals surface area contributed by atoms with E-state index in [4.69, 9.17) is 4.42 Å². The lowest BCUT2D eigenvalue weighted by Crippen LogP contribution is -2.42. The molecule has 3 rings (SSSR count). The van der Waals surface area contributed by atoms with E-state index in [1.807, 2.05) is 0 Å². The Bertz CT molecular complexity index is 694. The Labute approximate surface area is 141 Å². The first-order chi connectivity index (χ1) is 11.9. The number of piperidine rings is 1. The number of carbonyl (C=O) groups is 1. The maximum absolute atomic E-state index is 12.2. The quantitative estimate of drug-likeness (QED) is 0.912. The highest BCUT2D eigenvalue weighted by Crippen LogP contribution is 2.23. The Hall–Kier alpha value is -2.71. The van der Waals surface area contributed by atoms with Gasteiger partial charge in [0.1, 0.15) is 17.8 Å². The van der Waals surface area contributed by atoms with Crippen LogP contribution < -0.4 is 10.1 Å². The van der Waals surface area contributed by atoms with E-state index in [2.05, 4.69) is 15.0 Å². The average molecular weight is 355 g/mol. The van der Waals surface area contributed by atoms with Crippen LogP contribution >= 0.6 is 0 Å². The van der Waals surface area contributed by atoms with Crippen LogP contribution in [-0.4, -0.2) is 41.3 Å². The van der Waals surface area contributed by atoms with E-state index in [1.54, 1.807) is 11.0 Å². The minimum absolute atomic E-state index is 0.0704. The van der Waals surface area contributed by atoms with E-state index in [0.29, 0.717) is 37.3 Å². The number of ether oxygens (including phenoxy) is 1. The Balaban J connectivity index is 1.50. The van der Waals surface area contributed by atoms with E-state index in [1.165, 1.54) is 24.7 Å². The summed E-state index contributed by atoms with van der Waals surface area (Å²) in [4.78, 5) is 17.9. The van der Waals surface area contributed by atoms with Gasteiger partial charge in [0.05, 0.1) is 18.0 Å². The van der Waals surface area contributed by atoms with Crippen LogP contribution in [-0.2, 0) is 0 Å². The van der Waals surface area contributed by atoms with Crippen LogP contribution in [0.25, 0.3) is 0 Å². The number of rotatable bonds is 4. The number of aromatic nitrogens is 1. The SMILES string of the molecule is O=C(c1ccoc1)N1CCC(Nc2ccc(OC(F)(F)F)cn2)CC1. The van der Waals surface area contributed by atoms with Crippen LogP contribution in [0.3, 0.4) is 0 Å². The van der Waals surface area contributed by atoms with E-state index >= 15 is 0 Å². The summed E-state index contributed by atoms with van der Waals surface area (Å²) in [5, 5.41) is 3.16. The lowest BCUT2D eigenvalue weighted by molar-refractivity contribution is -0.274. The molecule has 3 heterocycles. The minimum Gasteiger partial charge on any atom is -0.472 e. The number of pyridine rings is 1. The molecule has 1 fully saturated rings. The van der Waals surface area contributed by atoms with E-state index in [-0.39, 0.29) is 17.7 Å². The Morgan fingerprint density at radius 1 is 1.28 bits per heavy atom. The number of hydrogen-bond donors (Lipinski definition) is 1. The number of anilines is 1. The van der Waals surface area contributed by atoms with Gasteiger partial charge in [0.25, 0.3) is 5.91 Å². The number of furan rings is 1. The molecule has 1 N–H and O–H groups in total. The van der Waals surface area contributed by atoms with E-state index in [0.717, 1.165) is 6.20 Å². The zero-order valence-electron chi connectivity index (χ0n) is 13.1. The molecule has 9 heteroatoms. The Morgan fingerprint density at radius 3 is 2.60 bits per heavy atom. The molecule has 2 aromatic heterocycles. The van der Waals surface area contributed by atoms with Gasteiger partial charge >= 0.3 is 6.36 Å². The predicted molar refractivity (Wildman–Crippen MR) is 82.2 cm³/mol. The van der Waals surface area contributed by atoms with Crippen molar-refractivity contribution in [1.82, 2.24) is 9.88 Å². The molecule has 0 radical (unpaired) electrons. The largest absolute Gasteiger partial charge is 0.573 e. The van der Waals surface area contributed by atoms with Gasteiger partial charge < -0.3 is 19.4 Å². The fourth-order valence-electron chi connectivity index (χ4n) is 2.66. The van der Waals surface area contributed by atoms with Gasteiger partial charge in [-0.2, -0.15) is 0 Å². The first kappa shape index (κ1) is 17.1. The van der Waals surface area contributed by atoms with E-state index < -0.39 is 6.36 Å². The molecule has 1 saturated heterocycles. The molecule has 0 bridgehead atoms. The molecule has 1 amide bonds. The van der Waals surface area contributed by atoms with Crippen molar-refractivity contribution in [3.05, 3.63) is 42.5 Å². The van der Waals surface area contributed by atoms with Crippen molar-refractivity contribution in [2.45, 2.75) is 25.2 Å². The molecule has 134 valence electrons. The molecule has 0 aliphatic carbocycles. The summed E-state index contributed by atoms with van der Waals surface area (Å²) < 4.78 is 45.0. The Morgan fingerprint density at radius 2 is 2.04 bits per heavy atom. The van der Waals surface area contributed by atoms with Crippen molar-refractivity contribution in [2.24, 2.45) is 0 Å². The molecule has 1 aliphatic heterocycles. The first-order valence-corrected chi connectivity index (χ1v) is 7.70. The average Bonchev–Trinajstić information content (AvgIpc) is 3.10. The highest BCUT2D eigenvalue weighted by atomic mass is 19.4. The molecule has 2 aromatic rings. The molecule has 0 saturated carbocycles. The van der Waals surface area contributed by atoms with E-state index in [9.17, 15) is 18.0 Å². The third-order valence-electron chi connectivity index (χ3n) is 3.87. The molecule has 0 aromatic carbocycles. The van der Waals surface area contributed by atoms with Crippen molar-refractivity contribution >= 4 is 11.7 Å². The number of alkyl halides is 3. The number of halogens is 3. The van der Waals surface area contributed by atoms with Crippen LogP contribution in [0.2, 0.25) is 0 Å². The maximum atomic E-state index is 12.2. The van der Waals surface area contributed by atoms with Crippen LogP contribution in [0.1, 0.15) is 23.2 Å². The van der Waals surface area contributed by atoms with Gasteiger partial charge in [0.2, 0.25) is 0 Å². The van der Waals surface area contributed by atoms with Gasteiger partial charge in [-0.25, -0.2) is 4.98 Å². The minimum atomic E-state index is -4.73. The topological polar surface area (TPSA) is 67.6 Å². The number of carbonyl (C=O) groups excluding carboxylic acids is 1. The summed E-state index contributed by atoms with van der Waals surface area (Å²) in [6.07, 6.45) is 0.594. The zero-order valence-corrected chi connectivity index (χ0v) is 13.1. The van der Waals surface area contributed by atoms with Gasteiger partial charge in [-0.1, -0.05) is 0 Å². The molecule has 1 aliphatic rings. The number of hydrogen-bond acceptors (Lipinski definition) is 5. The van der Waals surface area contributed by atoms with Crippen LogP contribution in [0.4, 0.5) is 19.0 Å². The molecular formula is C16H16F3N3O3. The monoisotopic (exact) mass is 355 g/mol. The third kappa shape index (κ3) is 4.65. The fourth-order valence-corrected chi connectivity index (χ4v) is 2.66. The van der Waals surface area contributed by atoms with Gasteiger partial charge in [-0.3, -0.25) is 4.79 Å². The van der Waals surface area contributed by atoms with Gasteiger partial charge in [-0.15, -0.1) is 13.2 Å². The van der Waals surface area contributed by atoms with Gasteiger partial charge in [0, 0.05) is 19.1 Å². The molecule has 25 heavy (non-hydrogen) atoms. The zero-order chi connectivity index (χ0) is 17.9. The predicted octanol–water partition coefficient (Wildman–Crippen LogP) is 3.29. The lowest BCUT2D eigenvalue weighted by Gasteiger charge is -2.32. The van der Waals surface area contributed by atoms with Gasteiger partial charge in [-0.05, 0) is 31.0 Å². The van der Waals surface area contributed by atoms with Gasteiger partial charge in [0.15, 0.2) is 0 Å². The summed E-state index contributed by atoms with van der Waals surface area (Å²) in [5.74, 6) is 0.0340. The summed E-state index contributed by atoms with van der Waals surface area (Å²) >= 11 is 0. The van der Waals surface area contributed by atoms with Crippen molar-refractivity contribution in [1.29, 1.82) is 0 Å². The van der Waals surface area contributed by atoms with Crippen LogP contribution in [0.5, 0.6) is 5.75 Å². The van der Waals surface area contributed by atoms with Crippen LogP contribution in [0, 0.1) is 0 Å². The van der Waals surface area contributed by atoms with Crippen molar-refractivity contribution < 1.29 is 27.1 Å². The maximum Gasteiger partial charge on any atom is 0.573 e. The second kappa shape index (κ2) is 7.04. The fraction of sp³-hybridized carbons (Fsp3) is 0.375. The number of amides is 1. The Kier molecular flexibility index (Phi) is 4.82. The lowest BCUT2D eigenvalue weighted by atomic mass is 10.0. The molecule has 0 unspecified atom stereocenters. The second-order valence-electron chi connectivity index (χ2n) is 5.65. The third-order valence-corrected chi connectivity index (χ3v) is 3.87. The molecule has 6 nitrogen and oxygen atoms in total. The van der Waals surface area contributed by atoms with Crippen molar-refractivity contribution in [2.75, 3.05) is 18.4 Å². The summed E-state index contributed by atoms with van der Waals surface area (Å²) in [6, 6.07) is 4.36. The van der Waals surface area contributed by atoms with Crippen molar-refractivity contribution in [3.63, 3.8) is 0 Å². The normalized spacial score (nSPS) is 15.9. The smallest absolute Gasteiger partial charge is 0.472 e. The number of nitrogens with zero attached hydrogens (tertiary/aromatic N) is 2. The standard InChI is InChI=1S/C16H16F3N3O3/c17-16(18,19)25-13-1-2-14(20-9-13)21-12-3-6-22(7-4-12)15(23)11-5-8-24-10-11/h1-2,5,8-10,12H,3-4,6-7H2,(H,20,21). The molecule has 0 spiro atoms. The highest BCUT2D eigenvalue weighted by molar-refractivity contribution is 5.93. The van der Waals surface area contributed by atoms with Crippen molar-refractivity contribution in [3.8, 4) is 5.75 Å².